The van der Waals surface area contributed by atoms with Gasteiger partial charge in [-0.25, -0.2) is 19.6 Å². The molecule has 0 spiro atoms. The second kappa shape index (κ2) is 7.60. The van der Waals surface area contributed by atoms with Gasteiger partial charge in [-0.15, -0.1) is 22.7 Å². The molecule has 0 saturated heterocycles. The molecule has 0 atom stereocenters. The fraction of sp³-hybridized carbons (Fsp3) is 0.143. The molecule has 0 aliphatic heterocycles. The van der Waals surface area contributed by atoms with Gasteiger partial charge in [0.05, 0.1) is 17.8 Å². The number of hydrogen-bond donors (Lipinski definition) is 1. The molecule has 0 aromatic carbocycles. The van der Waals surface area contributed by atoms with E-state index in [0.717, 1.165) is 26.1 Å². The molecule has 10 heteroatoms. The lowest BCUT2D eigenvalue weighted by atomic mass is 10.1. The second-order valence-electron chi connectivity index (χ2n) is 6.78. The largest absolute Gasteiger partial charge is 0.478 e. The van der Waals surface area contributed by atoms with E-state index in [4.69, 9.17) is 27.2 Å². The number of rotatable bonds is 4. The first-order chi connectivity index (χ1) is 15.0. The quantitative estimate of drug-likeness (QED) is 0.298. The predicted octanol–water partition coefficient (Wildman–Crippen LogP) is 4.87. The maximum atomic E-state index is 12.8. The summed E-state index contributed by atoms with van der Waals surface area (Å²) in [5.41, 5.74) is 2.77. The second-order valence-corrected chi connectivity index (χ2v) is 9.11. The van der Waals surface area contributed by atoms with Crippen LogP contribution in [0.2, 0.25) is 5.15 Å². The van der Waals surface area contributed by atoms with E-state index in [-0.39, 0.29) is 5.56 Å². The van der Waals surface area contributed by atoms with Gasteiger partial charge in [0, 0.05) is 27.5 Å². The molecule has 156 valence electrons. The number of aryl methyl sites for hydroxylation is 1. The molecule has 31 heavy (non-hydrogen) atoms. The first-order valence-electron chi connectivity index (χ1n) is 9.43. The van der Waals surface area contributed by atoms with Crippen molar-refractivity contribution in [3.8, 4) is 27.6 Å². The zero-order chi connectivity index (χ0) is 21.7. The highest BCUT2D eigenvalue weighted by Crippen LogP contribution is 2.41. The van der Waals surface area contributed by atoms with E-state index in [1.165, 1.54) is 11.3 Å². The number of aromatic nitrogens is 4. The molecule has 5 rings (SSSR count). The maximum Gasteiger partial charge on any atom is 0.289 e. The van der Waals surface area contributed by atoms with Crippen molar-refractivity contribution in [2.24, 2.45) is 0 Å². The molecule has 0 bridgehead atoms. The van der Waals surface area contributed by atoms with Crippen molar-refractivity contribution in [3.05, 3.63) is 57.0 Å². The van der Waals surface area contributed by atoms with Gasteiger partial charge >= 0.3 is 0 Å². The summed E-state index contributed by atoms with van der Waals surface area (Å²) in [4.78, 5) is 28.2. The summed E-state index contributed by atoms with van der Waals surface area (Å²) in [6.45, 7) is 4.08. The van der Waals surface area contributed by atoms with Crippen molar-refractivity contribution < 1.29 is 4.74 Å². The maximum absolute atomic E-state index is 12.8. The molecule has 0 saturated carbocycles. The molecule has 0 radical (unpaired) electrons. The van der Waals surface area contributed by atoms with Gasteiger partial charge in [0.2, 0.25) is 5.88 Å². The third kappa shape index (κ3) is 3.34. The number of fused-ring (bicyclic) bond motifs is 3. The average molecular weight is 470 g/mol. The van der Waals surface area contributed by atoms with Crippen LogP contribution in [0.3, 0.4) is 0 Å². The van der Waals surface area contributed by atoms with Crippen LogP contribution in [0.1, 0.15) is 12.7 Å². The van der Waals surface area contributed by atoms with Gasteiger partial charge in [-0.3, -0.25) is 4.79 Å². The number of nitrogens with zero attached hydrogens (tertiary/aromatic N) is 4. The average Bonchev–Trinajstić information content (AvgIpc) is 3.40. The van der Waals surface area contributed by atoms with Crippen LogP contribution in [-0.2, 0) is 0 Å². The number of halogens is 1. The third-order valence-corrected chi connectivity index (χ3v) is 6.97. The van der Waals surface area contributed by atoms with Crippen molar-refractivity contribution in [1.82, 2.24) is 19.6 Å². The number of nitrogens with two attached hydrogens (primary N) is 1. The van der Waals surface area contributed by atoms with Crippen LogP contribution in [0, 0.1) is 6.92 Å². The molecule has 0 aliphatic carbocycles. The molecule has 5 aromatic heterocycles. The SMILES string of the molecule is CCOc1cc(-c2cc(-c3cccs3)c3c(n2)sc2c(=O)n(N)c(C)nc23)cc(Cl)n1. The monoisotopic (exact) mass is 469 g/mol. The lowest BCUT2D eigenvalue weighted by molar-refractivity contribution is 0.327. The lowest BCUT2D eigenvalue weighted by Crippen LogP contribution is -2.29. The van der Waals surface area contributed by atoms with Crippen molar-refractivity contribution in [3.63, 3.8) is 0 Å². The van der Waals surface area contributed by atoms with E-state index in [0.29, 0.717) is 44.2 Å². The standard InChI is InChI=1S/C21H16ClN5O2S2/c1-3-29-16-8-11(7-15(22)26-16)13-9-12(14-5-4-6-30-14)17-18-19(31-20(17)25-13)21(28)27(23)10(2)24-18/h4-9H,3,23H2,1-2H3. The van der Waals surface area contributed by atoms with Crippen molar-refractivity contribution >= 4 is 54.7 Å². The fourth-order valence-corrected chi connectivity index (χ4v) is 5.45. The minimum Gasteiger partial charge on any atom is -0.478 e. The molecule has 0 fully saturated rings. The van der Waals surface area contributed by atoms with Crippen LogP contribution < -0.4 is 16.1 Å². The van der Waals surface area contributed by atoms with E-state index >= 15 is 0 Å². The molecule has 7 nitrogen and oxygen atoms in total. The Morgan fingerprint density at radius 3 is 2.81 bits per heavy atom. The highest BCUT2D eigenvalue weighted by Gasteiger charge is 2.20. The minimum absolute atomic E-state index is 0.283. The van der Waals surface area contributed by atoms with Crippen LogP contribution in [0.15, 0.2) is 40.5 Å². The van der Waals surface area contributed by atoms with Gasteiger partial charge in [0.15, 0.2) is 0 Å². The number of pyridine rings is 2. The van der Waals surface area contributed by atoms with Crippen LogP contribution in [0.25, 0.3) is 42.1 Å². The Kier molecular flexibility index (Phi) is 4.88. The van der Waals surface area contributed by atoms with Crippen LogP contribution >= 0.6 is 34.3 Å². The summed E-state index contributed by atoms with van der Waals surface area (Å²) < 4.78 is 7.09. The normalized spacial score (nSPS) is 11.5. The van der Waals surface area contributed by atoms with Gasteiger partial charge < -0.3 is 10.6 Å². The molecule has 5 heterocycles. The summed E-state index contributed by atoms with van der Waals surface area (Å²) in [6.07, 6.45) is 0. The number of thiophene rings is 2. The van der Waals surface area contributed by atoms with Crippen molar-refractivity contribution in [2.45, 2.75) is 13.8 Å². The van der Waals surface area contributed by atoms with Crippen LogP contribution in [0.5, 0.6) is 5.88 Å². The summed E-state index contributed by atoms with van der Waals surface area (Å²) in [5, 5.41) is 3.18. The molecule has 5 aromatic rings. The molecular weight excluding hydrogens is 454 g/mol. The smallest absolute Gasteiger partial charge is 0.289 e. The summed E-state index contributed by atoms with van der Waals surface area (Å²) in [7, 11) is 0. The molecule has 0 amide bonds. The van der Waals surface area contributed by atoms with Crippen molar-refractivity contribution in [2.75, 3.05) is 12.4 Å². The molecule has 2 N–H and O–H groups in total. The zero-order valence-electron chi connectivity index (χ0n) is 16.5. The van der Waals surface area contributed by atoms with E-state index < -0.39 is 0 Å². The highest BCUT2D eigenvalue weighted by molar-refractivity contribution is 7.25. The van der Waals surface area contributed by atoms with E-state index in [1.807, 2.05) is 36.6 Å². The minimum atomic E-state index is -0.283. The Labute approximate surface area is 189 Å². The highest BCUT2D eigenvalue weighted by atomic mass is 35.5. The Hall–Kier alpha value is -3.01. The lowest BCUT2D eigenvalue weighted by Gasteiger charge is -2.09. The first kappa shape index (κ1) is 19.9. The van der Waals surface area contributed by atoms with E-state index in [9.17, 15) is 4.79 Å². The Morgan fingerprint density at radius 2 is 2.06 bits per heavy atom. The Morgan fingerprint density at radius 1 is 1.23 bits per heavy atom. The van der Waals surface area contributed by atoms with Gasteiger partial charge in [0.1, 0.15) is 20.5 Å². The summed E-state index contributed by atoms with van der Waals surface area (Å²) in [5.74, 6) is 6.76. The summed E-state index contributed by atoms with van der Waals surface area (Å²) >= 11 is 9.13. The van der Waals surface area contributed by atoms with Crippen molar-refractivity contribution in [1.29, 1.82) is 0 Å². The zero-order valence-corrected chi connectivity index (χ0v) is 18.9. The number of nitrogen functional groups attached to an aromatic ring is 1. The summed E-state index contributed by atoms with van der Waals surface area (Å²) in [6, 6.07) is 9.58. The number of hydrogen-bond acceptors (Lipinski definition) is 8. The Balaban J connectivity index is 1.86. The Bertz CT molecular complexity index is 1510. The van der Waals surface area contributed by atoms with E-state index in [1.54, 1.807) is 24.3 Å². The predicted molar refractivity (Wildman–Crippen MR) is 127 cm³/mol. The van der Waals surface area contributed by atoms with Crippen LogP contribution in [0.4, 0.5) is 0 Å². The first-order valence-corrected chi connectivity index (χ1v) is 11.5. The topological polar surface area (TPSA) is 95.9 Å². The van der Waals surface area contributed by atoms with Gasteiger partial charge in [-0.2, -0.15) is 0 Å². The van der Waals surface area contributed by atoms with E-state index in [2.05, 4.69) is 9.97 Å². The van der Waals surface area contributed by atoms with Gasteiger partial charge in [-0.1, -0.05) is 17.7 Å². The molecule has 0 unspecified atom stereocenters. The fourth-order valence-electron chi connectivity index (χ4n) is 3.42. The van der Waals surface area contributed by atoms with Gasteiger partial charge in [-0.05, 0) is 37.4 Å². The van der Waals surface area contributed by atoms with Crippen LogP contribution in [-0.4, -0.2) is 26.2 Å². The third-order valence-electron chi connectivity index (χ3n) is 4.82. The molecule has 0 aliphatic rings. The molecular formula is C21H16ClN5O2S2. The van der Waals surface area contributed by atoms with Gasteiger partial charge in [0.25, 0.3) is 5.56 Å². The number of ether oxygens (including phenoxy) is 1.